The highest BCUT2D eigenvalue weighted by Gasteiger charge is 2.23. The molecule has 140 valence electrons. The molecule has 0 aliphatic carbocycles. The molecule has 0 bridgehead atoms. The summed E-state index contributed by atoms with van der Waals surface area (Å²) in [7, 11) is -2.80. The Bertz CT molecular complexity index is 875. The third-order valence-electron chi connectivity index (χ3n) is 3.27. The first kappa shape index (κ1) is 20.3. The number of anilines is 1. The van der Waals surface area contributed by atoms with Gasteiger partial charge in [0.15, 0.2) is 0 Å². The van der Waals surface area contributed by atoms with Crippen LogP contribution in [0.3, 0.4) is 0 Å². The van der Waals surface area contributed by atoms with Gasteiger partial charge in [0.2, 0.25) is 15.9 Å². The number of likely N-dealkylation sites (N-methyl/N-ethyl adjacent to an activating group) is 1. The zero-order valence-electron chi connectivity index (χ0n) is 13.5. The average molecular weight is 404 g/mol. The molecule has 26 heavy (non-hydrogen) atoms. The van der Waals surface area contributed by atoms with Gasteiger partial charge in [-0.25, -0.2) is 12.8 Å². The number of benzene rings is 2. The van der Waals surface area contributed by atoms with Crippen LogP contribution in [0, 0.1) is 5.82 Å². The summed E-state index contributed by atoms with van der Waals surface area (Å²) >= 11 is 0.274. The van der Waals surface area contributed by atoms with Crippen LogP contribution in [0.2, 0.25) is 0 Å². The minimum atomic E-state index is -3.99. The van der Waals surface area contributed by atoms with E-state index in [1.807, 2.05) is 0 Å². The van der Waals surface area contributed by atoms with Crippen LogP contribution >= 0.6 is 11.8 Å². The van der Waals surface area contributed by atoms with Crippen molar-refractivity contribution in [2.24, 2.45) is 0 Å². The number of rotatable bonds is 7. The van der Waals surface area contributed by atoms with Gasteiger partial charge in [-0.2, -0.15) is 13.1 Å². The maximum atomic E-state index is 12.9. The second-order valence-electron chi connectivity index (χ2n) is 5.14. The van der Waals surface area contributed by atoms with E-state index in [2.05, 4.69) is 5.32 Å². The largest absolute Gasteiger partial charge is 0.324 e. The number of halogens is 3. The fraction of sp³-hybridized carbons (Fsp3) is 0.188. The second-order valence-corrected chi connectivity index (χ2v) is 8.21. The van der Waals surface area contributed by atoms with E-state index >= 15 is 0 Å². The molecule has 1 amide bonds. The lowest BCUT2D eigenvalue weighted by atomic mass is 10.3. The molecule has 2 aromatic rings. The lowest BCUT2D eigenvalue weighted by Gasteiger charge is -2.17. The van der Waals surface area contributed by atoms with Crippen molar-refractivity contribution in [1.82, 2.24) is 4.31 Å². The summed E-state index contributed by atoms with van der Waals surface area (Å²) < 4.78 is 63.6. The smallest absolute Gasteiger partial charge is 0.288 e. The van der Waals surface area contributed by atoms with Crippen LogP contribution in [0.4, 0.5) is 18.9 Å². The van der Waals surface area contributed by atoms with Crippen LogP contribution < -0.4 is 5.32 Å². The Morgan fingerprint density at radius 1 is 1.15 bits per heavy atom. The molecule has 0 aromatic heterocycles. The molecule has 2 rings (SSSR count). The Hall–Kier alpha value is -2.04. The molecule has 10 heteroatoms. The van der Waals surface area contributed by atoms with Crippen molar-refractivity contribution in [2.75, 3.05) is 18.9 Å². The van der Waals surface area contributed by atoms with Gasteiger partial charge in [-0.15, -0.1) is 0 Å². The third-order valence-corrected chi connectivity index (χ3v) is 5.87. The maximum Gasteiger partial charge on any atom is 0.288 e. The topological polar surface area (TPSA) is 66.5 Å². The van der Waals surface area contributed by atoms with E-state index in [9.17, 15) is 26.4 Å². The quantitative estimate of drug-likeness (QED) is 0.719. The molecule has 0 radical (unpaired) electrons. The Balaban J connectivity index is 2.09. The lowest BCUT2D eigenvalue weighted by Crippen LogP contribution is -2.35. The van der Waals surface area contributed by atoms with E-state index in [-0.39, 0.29) is 27.2 Å². The standard InChI is InChI=1S/C16H15F3N2O3S2/c1-21(26(23,24)12-8-6-11(17)7-9-12)10-15(22)20-13-4-2-3-5-14(13)25-16(18)19/h2-9,16H,10H2,1H3,(H,20,22). The van der Waals surface area contributed by atoms with Gasteiger partial charge in [0.05, 0.1) is 17.1 Å². The molecule has 1 N–H and O–H groups in total. The Kier molecular flexibility index (Phi) is 6.68. The highest BCUT2D eigenvalue weighted by molar-refractivity contribution is 7.99. The van der Waals surface area contributed by atoms with E-state index in [1.165, 1.54) is 19.2 Å². The van der Waals surface area contributed by atoms with Gasteiger partial charge in [-0.05, 0) is 36.4 Å². The van der Waals surface area contributed by atoms with Crippen molar-refractivity contribution in [3.05, 3.63) is 54.3 Å². The molecular formula is C16H15F3N2O3S2. The zero-order valence-corrected chi connectivity index (χ0v) is 15.2. The monoisotopic (exact) mass is 404 g/mol. The molecule has 0 fully saturated rings. The van der Waals surface area contributed by atoms with Crippen molar-refractivity contribution in [3.8, 4) is 0 Å². The van der Waals surface area contributed by atoms with Crippen molar-refractivity contribution in [3.63, 3.8) is 0 Å². The number of carbonyl (C=O) groups excluding carboxylic acids is 1. The Morgan fingerprint density at radius 3 is 2.38 bits per heavy atom. The molecule has 0 aliphatic rings. The number of hydrogen-bond donors (Lipinski definition) is 1. The minimum Gasteiger partial charge on any atom is -0.324 e. The molecule has 0 unspecified atom stereocenters. The molecule has 0 saturated heterocycles. The molecule has 0 spiro atoms. The van der Waals surface area contributed by atoms with Crippen molar-refractivity contribution in [2.45, 2.75) is 15.5 Å². The summed E-state index contributed by atoms with van der Waals surface area (Å²) in [6.07, 6.45) is 0. The zero-order chi connectivity index (χ0) is 19.3. The number of thioether (sulfide) groups is 1. The number of para-hydroxylation sites is 1. The fourth-order valence-electron chi connectivity index (χ4n) is 2.03. The van der Waals surface area contributed by atoms with Crippen LogP contribution in [-0.2, 0) is 14.8 Å². The first-order valence-corrected chi connectivity index (χ1v) is 9.57. The number of carbonyl (C=O) groups is 1. The summed E-state index contributed by atoms with van der Waals surface area (Å²) in [6.45, 7) is -0.534. The number of sulfonamides is 1. The summed E-state index contributed by atoms with van der Waals surface area (Å²) in [5.41, 5.74) is 0.162. The van der Waals surface area contributed by atoms with E-state index in [0.717, 1.165) is 28.6 Å². The number of amides is 1. The number of nitrogens with one attached hydrogen (secondary N) is 1. The molecule has 0 heterocycles. The number of nitrogens with zero attached hydrogens (tertiary/aromatic N) is 1. The third kappa shape index (κ3) is 5.23. The average Bonchev–Trinajstić information content (AvgIpc) is 2.56. The van der Waals surface area contributed by atoms with Gasteiger partial charge in [-0.1, -0.05) is 23.9 Å². The summed E-state index contributed by atoms with van der Waals surface area (Å²) in [4.78, 5) is 12.1. The predicted octanol–water partition coefficient (Wildman–Crippen LogP) is 3.40. The normalized spacial score (nSPS) is 11.8. The van der Waals surface area contributed by atoms with Gasteiger partial charge >= 0.3 is 0 Å². The molecule has 0 saturated carbocycles. The SMILES string of the molecule is CN(CC(=O)Nc1ccccc1SC(F)F)S(=O)(=O)c1ccc(F)cc1. The van der Waals surface area contributed by atoms with Crippen molar-refractivity contribution >= 4 is 33.4 Å². The highest BCUT2D eigenvalue weighted by Crippen LogP contribution is 2.31. The summed E-state index contributed by atoms with van der Waals surface area (Å²) in [5, 5.41) is 2.42. The summed E-state index contributed by atoms with van der Waals surface area (Å²) in [6, 6.07) is 10.1. The highest BCUT2D eigenvalue weighted by atomic mass is 32.2. The van der Waals surface area contributed by atoms with Crippen molar-refractivity contribution < 1.29 is 26.4 Å². The summed E-state index contributed by atoms with van der Waals surface area (Å²) in [5.74, 6) is -3.94. The van der Waals surface area contributed by atoms with Crippen LogP contribution in [0.1, 0.15) is 0 Å². The Labute approximate surface area is 153 Å². The van der Waals surface area contributed by atoms with Gasteiger partial charge in [-0.3, -0.25) is 4.79 Å². The predicted molar refractivity (Wildman–Crippen MR) is 93.1 cm³/mol. The van der Waals surface area contributed by atoms with E-state index < -0.39 is 34.0 Å². The maximum absolute atomic E-state index is 12.9. The molecule has 5 nitrogen and oxygen atoms in total. The van der Waals surface area contributed by atoms with E-state index in [4.69, 9.17) is 0 Å². The lowest BCUT2D eigenvalue weighted by molar-refractivity contribution is -0.116. The molecule has 0 atom stereocenters. The first-order valence-electron chi connectivity index (χ1n) is 7.26. The van der Waals surface area contributed by atoms with E-state index in [1.54, 1.807) is 12.1 Å². The molecular weight excluding hydrogens is 389 g/mol. The fourth-order valence-corrected chi connectivity index (χ4v) is 3.75. The van der Waals surface area contributed by atoms with Gasteiger partial charge in [0.25, 0.3) is 5.76 Å². The Morgan fingerprint density at radius 2 is 1.77 bits per heavy atom. The molecule has 0 aliphatic heterocycles. The number of hydrogen-bond acceptors (Lipinski definition) is 4. The number of alkyl halides is 2. The van der Waals surface area contributed by atoms with E-state index in [0.29, 0.717) is 0 Å². The van der Waals surface area contributed by atoms with Crippen LogP contribution in [-0.4, -0.2) is 38.0 Å². The van der Waals surface area contributed by atoms with Crippen molar-refractivity contribution in [1.29, 1.82) is 0 Å². The van der Waals surface area contributed by atoms with Crippen LogP contribution in [0.15, 0.2) is 58.3 Å². The first-order chi connectivity index (χ1) is 12.2. The second kappa shape index (κ2) is 8.56. The van der Waals surface area contributed by atoms with Gasteiger partial charge in [0.1, 0.15) is 5.82 Å². The minimum absolute atomic E-state index is 0.162. The van der Waals surface area contributed by atoms with Crippen LogP contribution in [0.25, 0.3) is 0 Å². The van der Waals surface area contributed by atoms with Gasteiger partial charge < -0.3 is 5.32 Å². The molecule has 2 aromatic carbocycles. The van der Waals surface area contributed by atoms with Gasteiger partial charge in [0, 0.05) is 11.9 Å². The van der Waals surface area contributed by atoms with Crippen LogP contribution in [0.5, 0.6) is 0 Å².